The first-order valence-corrected chi connectivity index (χ1v) is 5.91. The third-order valence-electron chi connectivity index (χ3n) is 2.60. The minimum Gasteiger partial charge on any atom is -0.384 e. The predicted octanol–water partition coefficient (Wildman–Crippen LogP) is 0.944. The lowest BCUT2D eigenvalue weighted by Gasteiger charge is -2.05. The van der Waals surface area contributed by atoms with Gasteiger partial charge in [-0.3, -0.25) is 4.57 Å². The lowest BCUT2D eigenvalue weighted by Crippen LogP contribution is -2.22. The van der Waals surface area contributed by atoms with E-state index >= 15 is 0 Å². The molecule has 1 heterocycles. The molecule has 0 unspecified atom stereocenters. The van der Waals surface area contributed by atoms with E-state index < -0.39 is 0 Å². The lowest BCUT2D eigenvalue weighted by molar-refractivity contribution is 0.350. The third kappa shape index (κ3) is 3.54. The molecule has 1 aromatic carbocycles. The normalized spacial score (nSPS) is 9.79. The van der Waals surface area contributed by atoms with Crippen molar-refractivity contribution >= 4 is 0 Å². The monoisotopic (exact) mass is 254 g/mol. The molecule has 0 bridgehead atoms. The van der Waals surface area contributed by atoms with Crippen LogP contribution >= 0.6 is 0 Å². The zero-order chi connectivity index (χ0) is 13.7. The van der Waals surface area contributed by atoms with Gasteiger partial charge in [-0.05, 0) is 30.2 Å². The van der Waals surface area contributed by atoms with Gasteiger partial charge in [-0.15, -0.1) is 0 Å². The van der Waals surface area contributed by atoms with Crippen LogP contribution < -0.4 is 5.69 Å². The highest BCUT2D eigenvalue weighted by atomic mass is 16.2. The SMILES string of the molecule is Cc1cnc(=O)n(Cc2ccc(C#CCO)cc2)c1. The van der Waals surface area contributed by atoms with Gasteiger partial charge >= 0.3 is 5.69 Å². The van der Waals surface area contributed by atoms with Crippen LogP contribution in [-0.2, 0) is 6.54 Å². The molecule has 4 nitrogen and oxygen atoms in total. The molecule has 0 saturated carbocycles. The predicted molar refractivity (Wildman–Crippen MR) is 72.7 cm³/mol. The van der Waals surface area contributed by atoms with E-state index in [1.807, 2.05) is 31.2 Å². The van der Waals surface area contributed by atoms with Crippen molar-refractivity contribution in [3.8, 4) is 11.8 Å². The van der Waals surface area contributed by atoms with E-state index in [-0.39, 0.29) is 12.3 Å². The van der Waals surface area contributed by atoms with Crippen molar-refractivity contribution in [1.29, 1.82) is 0 Å². The van der Waals surface area contributed by atoms with Gasteiger partial charge in [0.05, 0.1) is 6.54 Å². The minimum absolute atomic E-state index is 0.147. The van der Waals surface area contributed by atoms with Gasteiger partial charge in [0.15, 0.2) is 0 Å². The Hall–Kier alpha value is -2.38. The van der Waals surface area contributed by atoms with Crippen LogP contribution in [-0.4, -0.2) is 21.3 Å². The molecular formula is C15H14N2O2. The summed E-state index contributed by atoms with van der Waals surface area (Å²) in [6.07, 6.45) is 3.35. The standard InChI is InChI=1S/C15H14N2O2/c1-12-9-16-15(19)17(10-12)11-14-6-4-13(5-7-14)3-2-8-18/h4-7,9-10,18H,8,11H2,1H3. The number of benzene rings is 1. The molecule has 0 spiro atoms. The van der Waals surface area contributed by atoms with Gasteiger partial charge < -0.3 is 5.11 Å². The molecule has 0 radical (unpaired) electrons. The van der Waals surface area contributed by atoms with Crippen molar-refractivity contribution < 1.29 is 5.11 Å². The summed E-state index contributed by atoms with van der Waals surface area (Å²) in [6, 6.07) is 7.56. The van der Waals surface area contributed by atoms with Gasteiger partial charge in [0.25, 0.3) is 0 Å². The highest BCUT2D eigenvalue weighted by Crippen LogP contribution is 2.05. The molecular weight excluding hydrogens is 240 g/mol. The summed E-state index contributed by atoms with van der Waals surface area (Å²) in [5.41, 5.74) is 2.54. The van der Waals surface area contributed by atoms with Crippen LogP contribution in [0.4, 0.5) is 0 Å². The van der Waals surface area contributed by atoms with Crippen LogP contribution in [0.25, 0.3) is 0 Å². The Labute approximate surface area is 111 Å². The van der Waals surface area contributed by atoms with Crippen molar-refractivity contribution in [3.05, 3.63) is 63.8 Å². The minimum atomic E-state index is -0.255. The summed E-state index contributed by atoms with van der Waals surface area (Å²) in [5, 5.41) is 8.61. The van der Waals surface area contributed by atoms with Crippen molar-refractivity contribution in [1.82, 2.24) is 9.55 Å². The first-order chi connectivity index (χ1) is 9.19. The summed E-state index contributed by atoms with van der Waals surface area (Å²) in [5.74, 6) is 5.42. The molecule has 19 heavy (non-hydrogen) atoms. The number of aliphatic hydroxyl groups is 1. The van der Waals surface area contributed by atoms with E-state index in [1.165, 1.54) is 0 Å². The molecule has 0 fully saturated rings. The summed E-state index contributed by atoms with van der Waals surface area (Å²) in [7, 11) is 0. The molecule has 1 aromatic heterocycles. The number of rotatable bonds is 2. The molecule has 4 heteroatoms. The van der Waals surface area contributed by atoms with Crippen LogP contribution in [0.2, 0.25) is 0 Å². The summed E-state index contributed by atoms with van der Waals surface area (Å²) < 4.78 is 1.57. The largest absolute Gasteiger partial charge is 0.384 e. The first kappa shape index (κ1) is 13.1. The average Bonchev–Trinajstić information content (AvgIpc) is 2.42. The fourth-order valence-electron chi connectivity index (χ4n) is 1.71. The average molecular weight is 254 g/mol. The maximum absolute atomic E-state index is 11.6. The number of aryl methyl sites for hydroxylation is 1. The topological polar surface area (TPSA) is 55.1 Å². The summed E-state index contributed by atoms with van der Waals surface area (Å²) in [6.45, 7) is 2.24. The van der Waals surface area contributed by atoms with Crippen LogP contribution in [0, 0.1) is 18.8 Å². The van der Waals surface area contributed by atoms with Crippen molar-refractivity contribution in [2.24, 2.45) is 0 Å². The van der Waals surface area contributed by atoms with E-state index in [2.05, 4.69) is 16.8 Å². The quantitative estimate of drug-likeness (QED) is 0.812. The fourth-order valence-corrected chi connectivity index (χ4v) is 1.71. The molecule has 0 saturated heterocycles. The lowest BCUT2D eigenvalue weighted by atomic mass is 10.1. The molecule has 0 aliphatic rings. The van der Waals surface area contributed by atoms with Gasteiger partial charge in [-0.2, -0.15) is 0 Å². The Bertz CT molecular complexity index is 676. The number of nitrogens with zero attached hydrogens (tertiary/aromatic N) is 2. The van der Waals surface area contributed by atoms with Crippen LogP contribution in [0.1, 0.15) is 16.7 Å². The molecule has 1 N–H and O–H groups in total. The zero-order valence-corrected chi connectivity index (χ0v) is 10.6. The van der Waals surface area contributed by atoms with E-state index in [4.69, 9.17) is 5.11 Å². The van der Waals surface area contributed by atoms with Crippen molar-refractivity contribution in [2.45, 2.75) is 13.5 Å². The van der Waals surface area contributed by atoms with Crippen molar-refractivity contribution in [3.63, 3.8) is 0 Å². The fraction of sp³-hybridized carbons (Fsp3) is 0.200. The smallest absolute Gasteiger partial charge is 0.347 e. The van der Waals surface area contributed by atoms with Gasteiger partial charge in [0.2, 0.25) is 0 Å². The van der Waals surface area contributed by atoms with Gasteiger partial charge in [-0.1, -0.05) is 24.0 Å². The zero-order valence-electron chi connectivity index (χ0n) is 10.6. The number of aromatic nitrogens is 2. The van der Waals surface area contributed by atoms with Gasteiger partial charge in [-0.25, -0.2) is 9.78 Å². The summed E-state index contributed by atoms with van der Waals surface area (Å²) >= 11 is 0. The van der Waals surface area contributed by atoms with E-state index in [0.29, 0.717) is 6.54 Å². The molecule has 96 valence electrons. The van der Waals surface area contributed by atoms with E-state index in [0.717, 1.165) is 16.7 Å². The highest BCUT2D eigenvalue weighted by Gasteiger charge is 1.99. The highest BCUT2D eigenvalue weighted by molar-refractivity contribution is 5.36. The van der Waals surface area contributed by atoms with E-state index in [9.17, 15) is 4.79 Å². The molecule has 0 aliphatic carbocycles. The molecule has 0 atom stereocenters. The molecule has 0 aliphatic heterocycles. The van der Waals surface area contributed by atoms with Crippen molar-refractivity contribution in [2.75, 3.05) is 6.61 Å². The Morgan fingerprint density at radius 1 is 1.32 bits per heavy atom. The Kier molecular flexibility index (Phi) is 4.11. The molecule has 0 amide bonds. The Morgan fingerprint density at radius 2 is 2.05 bits per heavy atom. The summed E-state index contributed by atoms with van der Waals surface area (Å²) in [4.78, 5) is 15.4. The van der Waals surface area contributed by atoms with Crippen LogP contribution in [0.5, 0.6) is 0 Å². The Morgan fingerprint density at radius 3 is 2.74 bits per heavy atom. The molecule has 2 aromatic rings. The van der Waals surface area contributed by atoms with Crippen LogP contribution in [0.15, 0.2) is 41.5 Å². The second-order valence-electron chi connectivity index (χ2n) is 4.20. The first-order valence-electron chi connectivity index (χ1n) is 5.91. The third-order valence-corrected chi connectivity index (χ3v) is 2.60. The van der Waals surface area contributed by atoms with Gasteiger partial charge in [0, 0.05) is 18.0 Å². The molecule has 2 rings (SSSR count). The van der Waals surface area contributed by atoms with E-state index in [1.54, 1.807) is 17.0 Å². The maximum Gasteiger partial charge on any atom is 0.347 e. The van der Waals surface area contributed by atoms with Crippen LogP contribution in [0.3, 0.4) is 0 Å². The number of hydrogen-bond donors (Lipinski definition) is 1. The second-order valence-corrected chi connectivity index (χ2v) is 4.20. The number of aliphatic hydroxyl groups excluding tert-OH is 1. The second kappa shape index (κ2) is 5.98. The number of hydrogen-bond acceptors (Lipinski definition) is 3. The maximum atomic E-state index is 11.6. The van der Waals surface area contributed by atoms with Gasteiger partial charge in [0.1, 0.15) is 6.61 Å². The Balaban J connectivity index is 2.20.